The van der Waals surface area contributed by atoms with Gasteiger partial charge in [0.2, 0.25) is 0 Å². The van der Waals surface area contributed by atoms with Crippen molar-refractivity contribution in [2.24, 2.45) is 0 Å². The predicted molar refractivity (Wildman–Crippen MR) is 76.3 cm³/mol. The molecule has 0 amide bonds. The van der Waals surface area contributed by atoms with E-state index in [4.69, 9.17) is 9.47 Å². The van der Waals surface area contributed by atoms with E-state index in [0.717, 1.165) is 25.0 Å². The number of carbonyl (C=O) groups excluding carboxylic acids is 1. The Balaban J connectivity index is 2.01. The number of hydrogen-bond donors (Lipinski definition) is 0. The van der Waals surface area contributed by atoms with Crippen LogP contribution in [0.25, 0.3) is 0 Å². The average molecular weight is 264 g/mol. The van der Waals surface area contributed by atoms with Crippen LogP contribution in [0.3, 0.4) is 0 Å². The monoisotopic (exact) mass is 264 g/mol. The molecule has 3 nitrogen and oxygen atoms in total. The third-order valence-corrected chi connectivity index (χ3v) is 2.46. The molecule has 0 spiro atoms. The quantitative estimate of drug-likeness (QED) is 0.552. The van der Waals surface area contributed by atoms with Gasteiger partial charge in [0, 0.05) is 6.42 Å². The molecule has 1 rings (SSSR count). The molecule has 0 saturated heterocycles. The zero-order valence-electron chi connectivity index (χ0n) is 12.1. The van der Waals surface area contributed by atoms with Crippen molar-refractivity contribution in [2.75, 3.05) is 6.61 Å². The molecule has 0 atom stereocenters. The van der Waals surface area contributed by atoms with Gasteiger partial charge in [0.25, 0.3) is 0 Å². The van der Waals surface area contributed by atoms with Crippen molar-refractivity contribution >= 4 is 5.97 Å². The van der Waals surface area contributed by atoms with Crippen LogP contribution in [0.1, 0.15) is 46.5 Å². The molecule has 0 aromatic heterocycles. The van der Waals surface area contributed by atoms with Gasteiger partial charge in [-0.15, -0.1) is 0 Å². The minimum atomic E-state index is -0.381. The molecule has 0 heterocycles. The first kappa shape index (κ1) is 15.5. The van der Waals surface area contributed by atoms with Crippen LogP contribution in [0, 0.1) is 0 Å². The van der Waals surface area contributed by atoms with E-state index in [1.165, 1.54) is 0 Å². The molecule has 106 valence electrons. The Kier molecular flexibility index (Phi) is 6.40. The van der Waals surface area contributed by atoms with E-state index in [9.17, 15) is 4.79 Å². The standard InChI is InChI=1S/C16H24O3/c1-16(2,3)19-15(17)12-8-5-9-13-18-14-10-6-4-7-11-14/h4,6-7,10-11H,5,8-9,12-13H2,1-3H3. The van der Waals surface area contributed by atoms with Gasteiger partial charge in [-0.3, -0.25) is 4.79 Å². The van der Waals surface area contributed by atoms with E-state index < -0.39 is 0 Å². The minimum absolute atomic E-state index is 0.114. The second kappa shape index (κ2) is 7.82. The molecule has 19 heavy (non-hydrogen) atoms. The zero-order valence-corrected chi connectivity index (χ0v) is 12.1. The van der Waals surface area contributed by atoms with E-state index in [0.29, 0.717) is 13.0 Å². The van der Waals surface area contributed by atoms with Gasteiger partial charge in [-0.25, -0.2) is 0 Å². The second-order valence-electron chi connectivity index (χ2n) is 5.56. The molecule has 0 fully saturated rings. The highest BCUT2D eigenvalue weighted by Crippen LogP contribution is 2.12. The van der Waals surface area contributed by atoms with Crippen LogP contribution in [0.15, 0.2) is 30.3 Å². The predicted octanol–water partition coefficient (Wildman–Crippen LogP) is 3.97. The highest BCUT2D eigenvalue weighted by molar-refractivity contribution is 5.69. The number of ether oxygens (including phenoxy) is 2. The summed E-state index contributed by atoms with van der Waals surface area (Å²) in [5.74, 6) is 0.783. The second-order valence-corrected chi connectivity index (χ2v) is 5.56. The lowest BCUT2D eigenvalue weighted by molar-refractivity contribution is -0.154. The summed E-state index contributed by atoms with van der Waals surface area (Å²) in [6.45, 7) is 6.36. The van der Waals surface area contributed by atoms with Crippen molar-refractivity contribution in [1.29, 1.82) is 0 Å². The summed E-state index contributed by atoms with van der Waals surface area (Å²) in [7, 11) is 0. The van der Waals surface area contributed by atoms with E-state index in [1.807, 2.05) is 51.1 Å². The lowest BCUT2D eigenvalue weighted by Crippen LogP contribution is -2.23. The van der Waals surface area contributed by atoms with Gasteiger partial charge in [-0.05, 0) is 52.2 Å². The Labute approximate surface area is 115 Å². The Bertz CT molecular complexity index is 365. The highest BCUT2D eigenvalue weighted by atomic mass is 16.6. The van der Waals surface area contributed by atoms with Crippen molar-refractivity contribution in [3.05, 3.63) is 30.3 Å². The van der Waals surface area contributed by atoms with Gasteiger partial charge in [0.15, 0.2) is 0 Å². The fraction of sp³-hybridized carbons (Fsp3) is 0.562. The van der Waals surface area contributed by atoms with Crippen LogP contribution in [0.2, 0.25) is 0 Å². The fourth-order valence-electron chi connectivity index (χ4n) is 1.65. The molecule has 1 aromatic carbocycles. The Morgan fingerprint density at radius 1 is 1.05 bits per heavy atom. The van der Waals surface area contributed by atoms with Crippen LogP contribution in [-0.2, 0) is 9.53 Å². The molecule has 0 saturated carbocycles. The van der Waals surface area contributed by atoms with Crippen LogP contribution in [0.5, 0.6) is 5.75 Å². The van der Waals surface area contributed by atoms with Gasteiger partial charge in [0.05, 0.1) is 6.61 Å². The Morgan fingerprint density at radius 3 is 2.37 bits per heavy atom. The number of unbranched alkanes of at least 4 members (excludes halogenated alkanes) is 2. The third kappa shape index (κ3) is 8.25. The molecule has 0 aliphatic rings. The van der Waals surface area contributed by atoms with Gasteiger partial charge in [-0.2, -0.15) is 0 Å². The highest BCUT2D eigenvalue weighted by Gasteiger charge is 2.15. The minimum Gasteiger partial charge on any atom is -0.494 e. The first-order chi connectivity index (χ1) is 8.97. The molecule has 0 unspecified atom stereocenters. The van der Waals surface area contributed by atoms with E-state index in [1.54, 1.807) is 0 Å². The summed E-state index contributed by atoms with van der Waals surface area (Å²) in [5.41, 5.74) is -0.381. The maximum atomic E-state index is 11.5. The maximum Gasteiger partial charge on any atom is 0.306 e. The maximum absolute atomic E-state index is 11.5. The normalized spacial score (nSPS) is 11.1. The van der Waals surface area contributed by atoms with Crippen molar-refractivity contribution in [1.82, 2.24) is 0 Å². The summed E-state index contributed by atoms with van der Waals surface area (Å²) in [6, 6.07) is 9.77. The van der Waals surface area contributed by atoms with Crippen LogP contribution < -0.4 is 4.74 Å². The van der Waals surface area contributed by atoms with Gasteiger partial charge in [0.1, 0.15) is 11.4 Å². The topological polar surface area (TPSA) is 35.5 Å². The number of hydrogen-bond acceptors (Lipinski definition) is 3. The summed E-state index contributed by atoms with van der Waals surface area (Å²) in [5, 5.41) is 0. The smallest absolute Gasteiger partial charge is 0.306 e. The van der Waals surface area contributed by atoms with Crippen molar-refractivity contribution in [3.8, 4) is 5.75 Å². The van der Waals surface area contributed by atoms with Crippen molar-refractivity contribution in [3.63, 3.8) is 0 Å². The zero-order chi connectivity index (χ0) is 14.1. The van der Waals surface area contributed by atoms with E-state index in [-0.39, 0.29) is 11.6 Å². The summed E-state index contributed by atoms with van der Waals surface area (Å²) in [6.07, 6.45) is 3.28. The molecule has 3 heteroatoms. The number of carbonyl (C=O) groups is 1. The number of benzene rings is 1. The van der Waals surface area contributed by atoms with E-state index in [2.05, 4.69) is 0 Å². The van der Waals surface area contributed by atoms with Crippen molar-refractivity contribution in [2.45, 2.75) is 52.1 Å². The van der Waals surface area contributed by atoms with Gasteiger partial charge < -0.3 is 9.47 Å². The van der Waals surface area contributed by atoms with Crippen molar-refractivity contribution < 1.29 is 14.3 Å². The SMILES string of the molecule is CC(C)(C)OC(=O)CCCCCOc1ccccc1. The molecule has 0 N–H and O–H groups in total. The lowest BCUT2D eigenvalue weighted by Gasteiger charge is -2.19. The van der Waals surface area contributed by atoms with Crippen LogP contribution in [0.4, 0.5) is 0 Å². The van der Waals surface area contributed by atoms with Crippen LogP contribution in [-0.4, -0.2) is 18.2 Å². The molecular formula is C16H24O3. The molecule has 0 aliphatic heterocycles. The van der Waals surface area contributed by atoms with E-state index >= 15 is 0 Å². The number of esters is 1. The lowest BCUT2D eigenvalue weighted by atomic mass is 10.1. The van der Waals surface area contributed by atoms with Gasteiger partial charge in [-0.1, -0.05) is 18.2 Å². The number of para-hydroxylation sites is 1. The first-order valence-electron chi connectivity index (χ1n) is 6.87. The summed E-state index contributed by atoms with van der Waals surface area (Å²) in [4.78, 5) is 11.5. The molecule has 0 radical (unpaired) electrons. The third-order valence-electron chi connectivity index (χ3n) is 2.46. The Morgan fingerprint density at radius 2 is 1.74 bits per heavy atom. The Hall–Kier alpha value is -1.51. The molecule has 1 aromatic rings. The summed E-state index contributed by atoms with van der Waals surface area (Å²) >= 11 is 0. The summed E-state index contributed by atoms with van der Waals surface area (Å²) < 4.78 is 10.8. The molecular weight excluding hydrogens is 240 g/mol. The average Bonchev–Trinajstić information content (AvgIpc) is 2.32. The first-order valence-corrected chi connectivity index (χ1v) is 6.87. The fourth-order valence-corrected chi connectivity index (χ4v) is 1.65. The van der Waals surface area contributed by atoms with Crippen LogP contribution >= 0.6 is 0 Å². The van der Waals surface area contributed by atoms with Gasteiger partial charge >= 0.3 is 5.97 Å². The largest absolute Gasteiger partial charge is 0.494 e. The number of rotatable bonds is 7. The molecule has 0 aliphatic carbocycles. The molecule has 0 bridgehead atoms.